The van der Waals surface area contributed by atoms with Crippen LogP contribution in [-0.4, -0.2) is 89.0 Å². The van der Waals surface area contributed by atoms with Crippen molar-refractivity contribution in [3.63, 3.8) is 0 Å². The standard InChI is InChI=1S/C22H41N9O8/c23-10-2-1-4-13(20(37)31-15(21(38)39)7-8-16(25)32)30-19(36)14(5-3-11-28-22(26)27)29-18(35)12(24)6-9-17(33)34/h12-15H,1-11,23-24H2,(H2,25,32)(H,29,35)(H,30,36)(H,31,37)(H,33,34)(H,38,39)(H4,26,27,28). The number of nitrogens with one attached hydrogen (secondary N) is 3. The molecule has 0 aromatic rings. The lowest BCUT2D eigenvalue weighted by Gasteiger charge is -2.25. The van der Waals surface area contributed by atoms with Crippen LogP contribution in [0.25, 0.3) is 0 Å². The summed E-state index contributed by atoms with van der Waals surface area (Å²) in [5.74, 6) is -5.82. The molecule has 17 nitrogen and oxygen atoms in total. The van der Waals surface area contributed by atoms with E-state index in [2.05, 4.69) is 20.9 Å². The molecule has 0 aromatic heterocycles. The van der Waals surface area contributed by atoms with Crippen molar-refractivity contribution in [2.24, 2.45) is 33.7 Å². The molecule has 0 aliphatic carbocycles. The van der Waals surface area contributed by atoms with Crippen molar-refractivity contribution in [1.29, 1.82) is 0 Å². The van der Waals surface area contributed by atoms with E-state index in [1.54, 1.807) is 0 Å². The molecular weight excluding hydrogens is 518 g/mol. The van der Waals surface area contributed by atoms with Gasteiger partial charge in [-0.15, -0.1) is 0 Å². The summed E-state index contributed by atoms with van der Waals surface area (Å²) >= 11 is 0. The van der Waals surface area contributed by atoms with Crippen LogP contribution in [0.3, 0.4) is 0 Å². The summed E-state index contributed by atoms with van der Waals surface area (Å²) in [5, 5.41) is 25.5. The summed E-state index contributed by atoms with van der Waals surface area (Å²) in [7, 11) is 0. The van der Waals surface area contributed by atoms with Gasteiger partial charge in [0.25, 0.3) is 0 Å². The van der Waals surface area contributed by atoms with Gasteiger partial charge in [0.1, 0.15) is 18.1 Å². The van der Waals surface area contributed by atoms with Crippen LogP contribution in [0.1, 0.15) is 57.8 Å². The molecule has 0 rings (SSSR count). The van der Waals surface area contributed by atoms with E-state index in [9.17, 15) is 33.9 Å². The quantitative estimate of drug-likeness (QED) is 0.0367. The van der Waals surface area contributed by atoms with Crippen LogP contribution in [0.5, 0.6) is 0 Å². The molecule has 222 valence electrons. The van der Waals surface area contributed by atoms with Gasteiger partial charge in [0.2, 0.25) is 23.6 Å². The summed E-state index contributed by atoms with van der Waals surface area (Å²) < 4.78 is 0. The number of rotatable bonds is 21. The number of hydrogen-bond donors (Lipinski definition) is 10. The van der Waals surface area contributed by atoms with Gasteiger partial charge in [-0.25, -0.2) is 4.79 Å². The van der Waals surface area contributed by atoms with E-state index < -0.39 is 59.7 Å². The predicted molar refractivity (Wildman–Crippen MR) is 140 cm³/mol. The zero-order valence-electron chi connectivity index (χ0n) is 21.8. The first-order valence-electron chi connectivity index (χ1n) is 12.4. The molecule has 17 heteroatoms. The van der Waals surface area contributed by atoms with Crippen LogP contribution < -0.4 is 44.6 Å². The van der Waals surface area contributed by atoms with Crippen molar-refractivity contribution >= 4 is 41.5 Å². The maximum Gasteiger partial charge on any atom is 0.326 e. The molecule has 0 saturated heterocycles. The zero-order valence-corrected chi connectivity index (χ0v) is 21.8. The highest BCUT2D eigenvalue weighted by Gasteiger charge is 2.30. The van der Waals surface area contributed by atoms with E-state index in [4.69, 9.17) is 33.8 Å². The monoisotopic (exact) mass is 559 g/mol. The van der Waals surface area contributed by atoms with Crippen LogP contribution in [0.15, 0.2) is 4.99 Å². The highest BCUT2D eigenvalue weighted by molar-refractivity contribution is 5.94. The summed E-state index contributed by atoms with van der Waals surface area (Å²) in [6.45, 7) is 0.448. The molecule has 0 bridgehead atoms. The van der Waals surface area contributed by atoms with Crippen molar-refractivity contribution in [3.8, 4) is 0 Å². The topological polar surface area (TPSA) is 321 Å². The van der Waals surface area contributed by atoms with Gasteiger partial charge in [0.15, 0.2) is 5.96 Å². The lowest BCUT2D eigenvalue weighted by molar-refractivity contribution is -0.143. The van der Waals surface area contributed by atoms with E-state index in [1.165, 1.54) is 0 Å². The average Bonchev–Trinajstić information content (AvgIpc) is 2.85. The van der Waals surface area contributed by atoms with Crippen molar-refractivity contribution in [1.82, 2.24) is 16.0 Å². The summed E-state index contributed by atoms with van der Waals surface area (Å²) in [6, 6.07) is -5.03. The minimum absolute atomic E-state index is 0.0352. The molecule has 0 aromatic carbocycles. The molecule has 0 saturated carbocycles. The third-order valence-corrected chi connectivity index (χ3v) is 5.46. The van der Waals surface area contributed by atoms with Gasteiger partial charge in [0, 0.05) is 19.4 Å². The normalized spacial score (nSPS) is 13.7. The second-order valence-corrected chi connectivity index (χ2v) is 8.80. The Morgan fingerprint density at radius 3 is 1.72 bits per heavy atom. The molecule has 39 heavy (non-hydrogen) atoms. The lowest BCUT2D eigenvalue weighted by atomic mass is 10.0. The molecule has 15 N–H and O–H groups in total. The molecule has 4 unspecified atom stereocenters. The van der Waals surface area contributed by atoms with Gasteiger partial charge in [-0.3, -0.25) is 29.0 Å². The van der Waals surface area contributed by atoms with Crippen molar-refractivity contribution in [2.45, 2.75) is 82.0 Å². The molecule has 0 aliphatic rings. The average molecular weight is 560 g/mol. The first kappa shape index (κ1) is 35.0. The smallest absolute Gasteiger partial charge is 0.326 e. The number of carboxylic acid groups (broad SMARTS) is 2. The predicted octanol–water partition coefficient (Wildman–Crippen LogP) is -3.83. The number of guanidine groups is 1. The van der Waals surface area contributed by atoms with E-state index >= 15 is 0 Å². The number of nitrogens with zero attached hydrogens (tertiary/aromatic N) is 1. The Labute approximate surface area is 225 Å². The largest absolute Gasteiger partial charge is 0.481 e. The van der Waals surface area contributed by atoms with E-state index in [-0.39, 0.29) is 57.5 Å². The second-order valence-electron chi connectivity index (χ2n) is 8.80. The zero-order chi connectivity index (χ0) is 30.0. The SMILES string of the molecule is NCCCCC(NC(=O)C(CCCN=C(N)N)NC(=O)C(N)CCC(=O)O)C(=O)NC(CCC(N)=O)C(=O)O. The Morgan fingerprint density at radius 1 is 0.692 bits per heavy atom. The van der Waals surface area contributed by atoms with E-state index in [0.29, 0.717) is 19.4 Å². The minimum Gasteiger partial charge on any atom is -0.481 e. The first-order chi connectivity index (χ1) is 18.3. The number of nitrogens with two attached hydrogens (primary N) is 5. The highest BCUT2D eigenvalue weighted by Crippen LogP contribution is 2.07. The van der Waals surface area contributed by atoms with Crippen molar-refractivity contribution < 1.29 is 39.0 Å². The maximum atomic E-state index is 13.1. The molecule has 0 fully saturated rings. The Balaban J connectivity index is 5.66. The molecule has 4 amide bonds. The summed E-state index contributed by atoms with van der Waals surface area (Å²) in [4.78, 5) is 75.8. The van der Waals surface area contributed by atoms with Crippen LogP contribution >= 0.6 is 0 Å². The molecule has 0 heterocycles. The molecule has 4 atom stereocenters. The third-order valence-electron chi connectivity index (χ3n) is 5.46. The maximum absolute atomic E-state index is 13.1. The van der Waals surface area contributed by atoms with Gasteiger partial charge in [-0.2, -0.15) is 0 Å². The molecule has 0 radical (unpaired) electrons. The van der Waals surface area contributed by atoms with Crippen molar-refractivity contribution in [3.05, 3.63) is 0 Å². The molecule has 0 aliphatic heterocycles. The van der Waals surface area contributed by atoms with Crippen molar-refractivity contribution in [2.75, 3.05) is 13.1 Å². The van der Waals surface area contributed by atoms with Gasteiger partial charge in [0.05, 0.1) is 6.04 Å². The number of aliphatic imine (C=N–C) groups is 1. The number of aliphatic carboxylic acids is 2. The lowest BCUT2D eigenvalue weighted by Crippen LogP contribution is -2.57. The Bertz CT molecular complexity index is 880. The van der Waals surface area contributed by atoms with Crippen LogP contribution in [0.2, 0.25) is 0 Å². The summed E-state index contributed by atoms with van der Waals surface area (Å²) in [5.41, 5.74) is 26.9. The number of carbonyl (C=O) groups is 6. The Morgan fingerprint density at radius 2 is 1.23 bits per heavy atom. The van der Waals surface area contributed by atoms with Crippen LogP contribution in [0.4, 0.5) is 0 Å². The number of unbranched alkanes of at least 4 members (excludes halogenated alkanes) is 1. The second kappa shape index (κ2) is 19.1. The minimum atomic E-state index is -1.43. The van der Waals surface area contributed by atoms with Gasteiger partial charge in [-0.05, 0) is 51.5 Å². The fourth-order valence-corrected chi connectivity index (χ4v) is 3.31. The van der Waals surface area contributed by atoms with Crippen LogP contribution in [0, 0.1) is 0 Å². The fraction of sp³-hybridized carbons (Fsp3) is 0.682. The fourth-order valence-electron chi connectivity index (χ4n) is 3.31. The van der Waals surface area contributed by atoms with E-state index in [1.807, 2.05) is 0 Å². The number of carbonyl (C=O) groups excluding carboxylic acids is 4. The highest BCUT2D eigenvalue weighted by atomic mass is 16.4. The Kier molecular flexibility index (Phi) is 17.2. The number of carboxylic acids is 2. The van der Waals surface area contributed by atoms with Gasteiger partial charge >= 0.3 is 11.9 Å². The first-order valence-corrected chi connectivity index (χ1v) is 12.4. The number of hydrogen-bond acceptors (Lipinski definition) is 9. The van der Waals surface area contributed by atoms with E-state index in [0.717, 1.165) is 0 Å². The third kappa shape index (κ3) is 16.5. The number of amides is 4. The van der Waals surface area contributed by atoms with Crippen LogP contribution in [-0.2, 0) is 28.8 Å². The number of primary amides is 1. The van der Waals surface area contributed by atoms with Gasteiger partial charge < -0.3 is 54.8 Å². The van der Waals surface area contributed by atoms with Gasteiger partial charge in [-0.1, -0.05) is 0 Å². The molecular formula is C22H41N9O8. The summed E-state index contributed by atoms with van der Waals surface area (Å²) in [6.07, 6.45) is 0.243. The molecule has 0 spiro atoms. The Hall–Kier alpha value is -3.99.